The first kappa shape index (κ1) is 18.0. The maximum absolute atomic E-state index is 12.3. The van der Waals surface area contributed by atoms with Crippen molar-refractivity contribution in [1.29, 1.82) is 0 Å². The fourth-order valence-corrected chi connectivity index (χ4v) is 2.30. The molecular weight excluding hydrogens is 326 g/mol. The summed E-state index contributed by atoms with van der Waals surface area (Å²) < 4.78 is 15.7. The van der Waals surface area contributed by atoms with Crippen LogP contribution in [0.5, 0.6) is 17.2 Å². The molecule has 7 heteroatoms. The maximum Gasteiger partial charge on any atom is 0.280 e. The van der Waals surface area contributed by atoms with Gasteiger partial charge in [0.05, 0.1) is 31.8 Å². The SMILES string of the molecule is COc1cc(/C=C\C(=O)c2ccccc2[N+](=O)[O-])cc(OC)c1OC. The zero-order chi connectivity index (χ0) is 18.4. The predicted octanol–water partition coefficient (Wildman–Crippen LogP) is 3.52. The highest BCUT2D eigenvalue weighted by Crippen LogP contribution is 2.38. The molecule has 0 aromatic heterocycles. The number of methoxy groups -OCH3 is 3. The lowest BCUT2D eigenvalue weighted by molar-refractivity contribution is -0.385. The fourth-order valence-electron chi connectivity index (χ4n) is 2.30. The Bertz CT molecular complexity index is 803. The van der Waals surface area contributed by atoms with Gasteiger partial charge in [0.1, 0.15) is 0 Å². The molecule has 2 aromatic rings. The van der Waals surface area contributed by atoms with Crippen LogP contribution in [0.15, 0.2) is 42.5 Å². The van der Waals surface area contributed by atoms with E-state index in [1.54, 1.807) is 18.2 Å². The number of para-hydroxylation sites is 1. The summed E-state index contributed by atoms with van der Waals surface area (Å²) in [5.74, 6) is 0.854. The van der Waals surface area contributed by atoms with Crippen molar-refractivity contribution in [2.45, 2.75) is 0 Å². The molecule has 0 unspecified atom stereocenters. The molecule has 0 aliphatic carbocycles. The van der Waals surface area contributed by atoms with Crippen LogP contribution in [-0.2, 0) is 0 Å². The zero-order valence-corrected chi connectivity index (χ0v) is 14.0. The molecule has 0 aliphatic heterocycles. The van der Waals surface area contributed by atoms with Gasteiger partial charge in [-0.05, 0) is 29.8 Å². The van der Waals surface area contributed by atoms with Gasteiger partial charge in [-0.2, -0.15) is 0 Å². The Hall–Kier alpha value is -3.35. The summed E-state index contributed by atoms with van der Waals surface area (Å²) in [6.45, 7) is 0. The Kier molecular flexibility index (Phi) is 5.73. The van der Waals surface area contributed by atoms with Crippen LogP contribution in [0, 0.1) is 10.1 Å². The standard InChI is InChI=1S/C18H17NO6/c1-23-16-10-12(11-17(24-2)18(16)25-3)8-9-15(20)13-6-4-5-7-14(13)19(21)22/h4-11H,1-3H3/b9-8-. The lowest BCUT2D eigenvalue weighted by atomic mass is 10.1. The number of allylic oxidation sites excluding steroid dienone is 1. The normalized spacial score (nSPS) is 10.5. The van der Waals surface area contributed by atoms with Gasteiger partial charge >= 0.3 is 0 Å². The molecule has 0 saturated carbocycles. The highest BCUT2D eigenvalue weighted by molar-refractivity contribution is 6.09. The van der Waals surface area contributed by atoms with Crippen LogP contribution >= 0.6 is 0 Å². The molecule has 0 heterocycles. The smallest absolute Gasteiger partial charge is 0.280 e. The van der Waals surface area contributed by atoms with Crippen LogP contribution in [0.1, 0.15) is 15.9 Å². The summed E-state index contributed by atoms with van der Waals surface area (Å²) in [4.78, 5) is 22.7. The Labute approximate surface area is 144 Å². The number of nitro groups is 1. The van der Waals surface area contributed by atoms with E-state index in [0.29, 0.717) is 22.8 Å². The number of ketones is 1. The molecule has 7 nitrogen and oxygen atoms in total. The summed E-state index contributed by atoms with van der Waals surface area (Å²) in [7, 11) is 4.47. The first-order valence-electron chi connectivity index (χ1n) is 7.27. The van der Waals surface area contributed by atoms with Gasteiger partial charge in [-0.15, -0.1) is 0 Å². The largest absolute Gasteiger partial charge is 0.493 e. The average molecular weight is 343 g/mol. The third-order valence-electron chi connectivity index (χ3n) is 3.48. The van der Waals surface area contributed by atoms with Gasteiger partial charge in [0.25, 0.3) is 5.69 Å². The molecule has 2 aromatic carbocycles. The molecule has 130 valence electrons. The number of nitro benzene ring substituents is 1. The predicted molar refractivity (Wildman–Crippen MR) is 92.6 cm³/mol. The Balaban J connectivity index is 2.36. The van der Waals surface area contributed by atoms with Gasteiger partial charge < -0.3 is 14.2 Å². The molecule has 0 atom stereocenters. The second-order valence-corrected chi connectivity index (χ2v) is 4.93. The number of ether oxygens (including phenoxy) is 3. The third-order valence-corrected chi connectivity index (χ3v) is 3.48. The van der Waals surface area contributed by atoms with E-state index in [1.165, 1.54) is 51.7 Å². The van der Waals surface area contributed by atoms with Crippen molar-refractivity contribution in [1.82, 2.24) is 0 Å². The molecule has 0 bridgehead atoms. The molecule has 25 heavy (non-hydrogen) atoms. The number of benzene rings is 2. The van der Waals surface area contributed by atoms with E-state index in [1.807, 2.05) is 0 Å². The number of hydrogen-bond acceptors (Lipinski definition) is 6. The van der Waals surface area contributed by atoms with Crippen LogP contribution in [0.2, 0.25) is 0 Å². The number of hydrogen-bond donors (Lipinski definition) is 0. The number of carbonyl (C=O) groups excluding carboxylic acids is 1. The molecule has 0 saturated heterocycles. The molecule has 0 aliphatic rings. The van der Waals surface area contributed by atoms with Crippen molar-refractivity contribution in [3.63, 3.8) is 0 Å². The summed E-state index contributed by atoms with van der Waals surface area (Å²) in [5.41, 5.74) is 0.416. The van der Waals surface area contributed by atoms with Crippen LogP contribution in [0.25, 0.3) is 6.08 Å². The summed E-state index contributed by atoms with van der Waals surface area (Å²) in [5, 5.41) is 11.0. The minimum atomic E-state index is -0.583. The quantitative estimate of drug-likeness (QED) is 0.331. The second kappa shape index (κ2) is 7.96. The van der Waals surface area contributed by atoms with Crippen molar-refractivity contribution in [3.05, 3.63) is 63.7 Å². The lowest BCUT2D eigenvalue weighted by Gasteiger charge is -2.12. The van der Waals surface area contributed by atoms with Gasteiger partial charge in [0.2, 0.25) is 5.75 Å². The molecule has 0 amide bonds. The summed E-state index contributed by atoms with van der Waals surface area (Å²) in [6, 6.07) is 9.14. The van der Waals surface area contributed by atoms with E-state index >= 15 is 0 Å². The number of carbonyl (C=O) groups is 1. The van der Waals surface area contributed by atoms with E-state index in [9.17, 15) is 14.9 Å². The second-order valence-electron chi connectivity index (χ2n) is 4.93. The topological polar surface area (TPSA) is 87.9 Å². The highest BCUT2D eigenvalue weighted by atomic mass is 16.6. The first-order chi connectivity index (χ1) is 12.0. The molecule has 0 radical (unpaired) electrons. The molecular formula is C18H17NO6. The molecule has 2 rings (SSSR count). The van der Waals surface area contributed by atoms with E-state index < -0.39 is 10.7 Å². The molecule has 0 fully saturated rings. The number of rotatable bonds is 7. The average Bonchev–Trinajstić information content (AvgIpc) is 2.64. The lowest BCUT2D eigenvalue weighted by Crippen LogP contribution is -2.00. The van der Waals surface area contributed by atoms with Crippen LogP contribution in [-0.4, -0.2) is 32.0 Å². The van der Waals surface area contributed by atoms with Gasteiger partial charge in [-0.3, -0.25) is 14.9 Å². The fraction of sp³-hybridized carbons (Fsp3) is 0.167. The van der Waals surface area contributed by atoms with Crippen LogP contribution in [0.3, 0.4) is 0 Å². The minimum Gasteiger partial charge on any atom is -0.493 e. The number of nitrogens with zero attached hydrogens (tertiary/aromatic N) is 1. The van der Waals surface area contributed by atoms with Crippen molar-refractivity contribution in [2.75, 3.05) is 21.3 Å². The van der Waals surface area contributed by atoms with Crippen LogP contribution < -0.4 is 14.2 Å². The highest BCUT2D eigenvalue weighted by Gasteiger charge is 2.17. The van der Waals surface area contributed by atoms with Crippen molar-refractivity contribution in [3.8, 4) is 17.2 Å². The minimum absolute atomic E-state index is 0.0243. The Morgan fingerprint density at radius 1 is 1.04 bits per heavy atom. The monoisotopic (exact) mass is 343 g/mol. The zero-order valence-electron chi connectivity index (χ0n) is 14.0. The van der Waals surface area contributed by atoms with E-state index in [0.717, 1.165) is 0 Å². The summed E-state index contributed by atoms with van der Waals surface area (Å²) in [6.07, 6.45) is 2.80. The third kappa shape index (κ3) is 3.95. The van der Waals surface area contributed by atoms with E-state index in [2.05, 4.69) is 0 Å². The molecule has 0 N–H and O–H groups in total. The van der Waals surface area contributed by atoms with Crippen molar-refractivity contribution >= 4 is 17.5 Å². The van der Waals surface area contributed by atoms with E-state index in [-0.39, 0.29) is 11.3 Å². The van der Waals surface area contributed by atoms with Gasteiger partial charge in [0.15, 0.2) is 17.3 Å². The van der Waals surface area contributed by atoms with Crippen molar-refractivity contribution < 1.29 is 23.9 Å². The van der Waals surface area contributed by atoms with Gasteiger partial charge in [-0.25, -0.2) is 0 Å². The maximum atomic E-state index is 12.3. The van der Waals surface area contributed by atoms with Crippen LogP contribution in [0.4, 0.5) is 5.69 Å². The van der Waals surface area contributed by atoms with E-state index in [4.69, 9.17) is 14.2 Å². The van der Waals surface area contributed by atoms with Crippen molar-refractivity contribution in [2.24, 2.45) is 0 Å². The Morgan fingerprint density at radius 3 is 2.16 bits per heavy atom. The van der Waals surface area contributed by atoms with Gasteiger partial charge in [0, 0.05) is 6.07 Å². The Morgan fingerprint density at radius 2 is 1.64 bits per heavy atom. The van der Waals surface area contributed by atoms with Gasteiger partial charge in [-0.1, -0.05) is 18.2 Å². The molecule has 0 spiro atoms. The summed E-state index contributed by atoms with van der Waals surface area (Å²) >= 11 is 0. The first-order valence-corrected chi connectivity index (χ1v) is 7.27.